The van der Waals surface area contributed by atoms with Gasteiger partial charge in [-0.3, -0.25) is 0 Å². The van der Waals surface area contributed by atoms with Crippen molar-refractivity contribution in [2.75, 3.05) is 0 Å². The maximum absolute atomic E-state index is 5.58. The summed E-state index contributed by atoms with van der Waals surface area (Å²) < 4.78 is 0. The van der Waals surface area contributed by atoms with Crippen molar-refractivity contribution in [2.24, 2.45) is 0 Å². The van der Waals surface area contributed by atoms with Crippen LogP contribution in [0.2, 0.25) is 11.3 Å². The lowest BCUT2D eigenvalue weighted by molar-refractivity contribution is 1.90. The minimum absolute atomic E-state index is 0.109. The summed E-state index contributed by atoms with van der Waals surface area (Å²) in [5.74, 6) is 0. The average Bonchev–Trinajstić information content (AvgIpc) is 1.69. The van der Waals surface area contributed by atoms with Gasteiger partial charge in [-0.15, -0.1) is 0 Å². The fourth-order valence-corrected chi connectivity index (χ4v) is 9.88. The lowest BCUT2D eigenvalue weighted by Gasteiger charge is -1.85. The van der Waals surface area contributed by atoms with Gasteiger partial charge in [0.25, 0.3) is 0 Å². The molecule has 0 atom stereocenters. The molecule has 0 radical (unpaired) electrons. The molecule has 5 heteroatoms. The molecule has 0 aromatic carbocycles. The highest BCUT2D eigenvalue weighted by molar-refractivity contribution is 7.00. The molecule has 0 spiro atoms. The normalized spacial score (nSPS) is 14.6. The summed E-state index contributed by atoms with van der Waals surface area (Å²) >= 11 is 11.2. The molecule has 0 aromatic rings. The fraction of sp³-hybridized carbons (Fsp3) is 1.00. The van der Waals surface area contributed by atoms with Crippen LogP contribution in [-0.2, 0) is 0 Å². The van der Waals surface area contributed by atoms with Crippen LogP contribution < -0.4 is 0 Å². The van der Waals surface area contributed by atoms with Crippen molar-refractivity contribution in [3.05, 3.63) is 0 Å². The Balaban J connectivity index is 2.45. The van der Waals surface area contributed by atoms with Crippen molar-refractivity contribution in [3.8, 4) is 0 Å². The fourth-order valence-electron chi connectivity index (χ4n) is 0.366. The van der Waals surface area contributed by atoms with Crippen LogP contribution in [0, 0.1) is 0 Å². The van der Waals surface area contributed by atoms with Crippen LogP contribution in [0.5, 0.6) is 0 Å². The van der Waals surface area contributed by atoms with Crippen molar-refractivity contribution in [3.63, 3.8) is 0 Å². The molecule has 0 nitrogen and oxygen atoms in total. The van der Waals surface area contributed by atoms with E-state index in [1.165, 1.54) is 11.3 Å². The molecule has 44 valence electrons. The Morgan fingerprint density at radius 3 is 1.71 bits per heavy atom. The van der Waals surface area contributed by atoms with E-state index in [-0.39, 0.29) is 27.2 Å². The van der Waals surface area contributed by atoms with Crippen molar-refractivity contribution in [1.82, 2.24) is 0 Å². The van der Waals surface area contributed by atoms with E-state index in [4.69, 9.17) is 22.2 Å². The van der Waals surface area contributed by atoms with Crippen LogP contribution in [0.1, 0.15) is 0 Å². The van der Waals surface area contributed by atoms with E-state index in [1.807, 2.05) is 0 Å². The van der Waals surface area contributed by atoms with Crippen LogP contribution in [0.3, 0.4) is 0 Å². The highest BCUT2D eigenvalue weighted by atomic mass is 35.6. The molecule has 0 aliphatic carbocycles. The molecule has 0 aliphatic rings. The van der Waals surface area contributed by atoms with E-state index in [1.54, 1.807) is 0 Å². The summed E-state index contributed by atoms with van der Waals surface area (Å²) in [5.41, 5.74) is 2.84. The van der Waals surface area contributed by atoms with Gasteiger partial charge in [-0.1, -0.05) is 11.3 Å². The van der Waals surface area contributed by atoms with Gasteiger partial charge in [0.2, 0.25) is 0 Å². The minimum atomic E-state index is -0.109. The summed E-state index contributed by atoms with van der Waals surface area (Å²) in [6, 6.07) is 0. The van der Waals surface area contributed by atoms with Crippen LogP contribution in [0.4, 0.5) is 0 Å². The Bertz CT molecular complexity index is 30.1. The highest BCUT2D eigenvalue weighted by Crippen LogP contribution is 1.85. The number of halogens is 2. The minimum Gasteiger partial charge on any atom is -0.176 e. The van der Waals surface area contributed by atoms with E-state index in [2.05, 4.69) is 0 Å². The number of hydrogen-bond acceptors (Lipinski definition) is 0. The largest absolute Gasteiger partial charge is 0.176 e. The van der Waals surface area contributed by atoms with Gasteiger partial charge >= 0.3 is 0 Å². The zero-order valence-corrected chi connectivity index (χ0v) is 10.0. The molecule has 0 rings (SSSR count). The van der Waals surface area contributed by atoms with Gasteiger partial charge in [-0.25, -0.2) is 0 Å². The van der Waals surface area contributed by atoms with Gasteiger partial charge in [0.1, 0.15) is 17.7 Å². The smallest absolute Gasteiger partial charge is 0.122 e. The van der Waals surface area contributed by atoms with Crippen molar-refractivity contribution in [1.29, 1.82) is 0 Å². The lowest BCUT2D eigenvalue weighted by Crippen LogP contribution is -1.93. The average molecular weight is 189 g/mol. The van der Waals surface area contributed by atoms with Gasteiger partial charge in [0.15, 0.2) is 0 Å². The summed E-state index contributed by atoms with van der Waals surface area (Å²) in [6.45, 7) is 0. The van der Waals surface area contributed by atoms with E-state index < -0.39 is 0 Å². The first-order valence-corrected chi connectivity index (χ1v) is 10.8. The predicted octanol–water partition coefficient (Wildman–Crippen LogP) is -0.448. The predicted molar refractivity (Wildman–Crippen MR) is 47.0 cm³/mol. The molecule has 0 heterocycles. The summed E-state index contributed by atoms with van der Waals surface area (Å²) in [4.78, 5) is 0. The lowest BCUT2D eigenvalue weighted by atomic mass is 11.8. The summed E-state index contributed by atoms with van der Waals surface area (Å²) in [7, 11) is 0.0532. The van der Waals surface area contributed by atoms with Crippen LogP contribution in [0.25, 0.3) is 0 Å². The molecule has 0 aliphatic heterocycles. The Hall–Kier alpha value is 1.23. The van der Waals surface area contributed by atoms with E-state index in [0.717, 1.165) is 0 Å². The second-order valence-electron chi connectivity index (χ2n) is 1.44. The topological polar surface area (TPSA) is 0 Å². The van der Waals surface area contributed by atoms with Crippen LogP contribution >= 0.6 is 22.2 Å². The molecule has 0 fully saturated rings. The number of rotatable bonds is 4. The quantitative estimate of drug-likeness (QED) is 0.319. The molecule has 0 N–H and O–H groups in total. The Morgan fingerprint density at radius 1 is 1.00 bits per heavy atom. The van der Waals surface area contributed by atoms with E-state index in [9.17, 15) is 0 Å². The highest BCUT2D eigenvalue weighted by Gasteiger charge is 1.85. The number of hydrogen-bond donors (Lipinski definition) is 0. The first-order chi connectivity index (χ1) is 3.41. The third-order valence-electron chi connectivity index (χ3n) is 0.767. The molecule has 0 amide bonds. The zero-order valence-electron chi connectivity index (χ0n) is 4.29. The van der Waals surface area contributed by atoms with Crippen molar-refractivity contribution < 1.29 is 0 Å². The maximum Gasteiger partial charge on any atom is 0.122 e. The monoisotopic (exact) mass is 188 g/mol. The van der Waals surface area contributed by atoms with Crippen molar-refractivity contribution in [2.45, 2.75) is 11.3 Å². The van der Waals surface area contributed by atoms with Gasteiger partial charge < -0.3 is 0 Å². The van der Waals surface area contributed by atoms with Crippen LogP contribution in [0.15, 0.2) is 0 Å². The molecular formula is C2H10Cl2Si3. The van der Waals surface area contributed by atoms with Gasteiger partial charge in [-0.05, 0) is 0 Å². The Morgan fingerprint density at radius 2 is 1.43 bits per heavy atom. The van der Waals surface area contributed by atoms with Gasteiger partial charge in [0.05, 0.1) is 0 Å². The second-order valence-corrected chi connectivity index (χ2v) is 10.8. The molecule has 0 saturated heterocycles. The SMILES string of the molecule is Cl[SiH2]C[SiH2]C[SiH2]Cl. The molecule has 0 unspecified atom stereocenters. The summed E-state index contributed by atoms with van der Waals surface area (Å²) in [5, 5.41) is 0. The van der Waals surface area contributed by atoms with E-state index >= 15 is 0 Å². The second kappa shape index (κ2) is 7.23. The third kappa shape index (κ3) is 7.23. The Kier molecular flexibility index (Phi) is 8.50. The molecule has 0 saturated carbocycles. The van der Waals surface area contributed by atoms with Crippen LogP contribution in [-0.4, -0.2) is 27.2 Å². The third-order valence-corrected chi connectivity index (χ3v) is 11.7. The first kappa shape index (κ1) is 8.23. The maximum atomic E-state index is 5.58. The van der Waals surface area contributed by atoms with Crippen molar-refractivity contribution >= 4 is 49.3 Å². The molecular weight excluding hydrogens is 179 g/mol. The van der Waals surface area contributed by atoms with Gasteiger partial charge in [0, 0.05) is 9.52 Å². The molecule has 0 aromatic heterocycles. The zero-order chi connectivity index (χ0) is 5.54. The first-order valence-electron chi connectivity index (χ1n) is 2.53. The molecule has 0 bridgehead atoms. The van der Waals surface area contributed by atoms with E-state index in [0.29, 0.717) is 0 Å². The molecule has 7 heavy (non-hydrogen) atoms. The summed E-state index contributed by atoms with van der Waals surface area (Å²) in [6.07, 6.45) is 0. The van der Waals surface area contributed by atoms with Gasteiger partial charge in [-0.2, -0.15) is 22.2 Å². The Labute approximate surface area is 60.8 Å². The standard InChI is InChI=1S/C2H10Cl2Si3/c3-6-1-5-2-7-4/h1-2,5-7H2.